The van der Waals surface area contributed by atoms with E-state index in [4.69, 9.17) is 9.72 Å². The van der Waals surface area contributed by atoms with Crippen LogP contribution in [0.25, 0.3) is 16.8 Å². The van der Waals surface area contributed by atoms with Gasteiger partial charge in [-0.3, -0.25) is 4.79 Å². The Morgan fingerprint density at radius 2 is 2.00 bits per heavy atom. The van der Waals surface area contributed by atoms with Crippen LogP contribution < -0.4 is 20.3 Å². The minimum Gasteiger partial charge on any atom is -0.494 e. The van der Waals surface area contributed by atoms with E-state index in [2.05, 4.69) is 37.1 Å². The van der Waals surface area contributed by atoms with Gasteiger partial charge in [0.2, 0.25) is 11.9 Å². The number of pyridine rings is 1. The largest absolute Gasteiger partial charge is 0.494 e. The molecule has 0 radical (unpaired) electrons. The highest BCUT2D eigenvalue weighted by Gasteiger charge is 2.17. The molecule has 10 heteroatoms. The first-order chi connectivity index (χ1) is 18.4. The van der Waals surface area contributed by atoms with E-state index >= 15 is 0 Å². The number of hydrogen-bond acceptors (Lipinski definition) is 8. The van der Waals surface area contributed by atoms with Crippen LogP contribution in [0.15, 0.2) is 79.8 Å². The zero-order chi connectivity index (χ0) is 27.1. The van der Waals surface area contributed by atoms with Gasteiger partial charge in [-0.15, -0.1) is 0 Å². The second-order valence-electron chi connectivity index (χ2n) is 8.86. The summed E-state index contributed by atoms with van der Waals surface area (Å²) < 4.78 is 7.51. The van der Waals surface area contributed by atoms with Crippen molar-refractivity contribution in [3.8, 4) is 17.0 Å². The molecule has 0 spiro atoms. The highest BCUT2D eigenvalue weighted by atomic mass is 16.5. The fourth-order valence-corrected chi connectivity index (χ4v) is 3.87. The average Bonchev–Trinajstić information content (AvgIpc) is 3.35. The van der Waals surface area contributed by atoms with E-state index in [-0.39, 0.29) is 5.91 Å². The van der Waals surface area contributed by atoms with Crippen LogP contribution in [0.2, 0.25) is 0 Å². The molecule has 0 aliphatic rings. The number of ether oxygens (including phenoxy) is 1. The number of aromatic nitrogens is 4. The Morgan fingerprint density at radius 1 is 1.16 bits per heavy atom. The lowest BCUT2D eigenvalue weighted by Crippen LogP contribution is -2.29. The van der Waals surface area contributed by atoms with Crippen molar-refractivity contribution in [3.63, 3.8) is 0 Å². The van der Waals surface area contributed by atoms with Gasteiger partial charge in [0.25, 0.3) is 0 Å². The van der Waals surface area contributed by atoms with Crippen LogP contribution in [0.5, 0.6) is 5.75 Å². The number of amides is 1. The number of anilines is 4. The fraction of sp³-hybridized carbons (Fsp3) is 0.214. The number of methoxy groups -OCH3 is 1. The maximum atomic E-state index is 12.6. The first-order valence-corrected chi connectivity index (χ1v) is 12.1. The Bertz CT molecular complexity index is 1460. The van der Waals surface area contributed by atoms with Gasteiger partial charge in [0, 0.05) is 50.2 Å². The lowest BCUT2D eigenvalue weighted by molar-refractivity contribution is -0.111. The van der Waals surface area contributed by atoms with Crippen LogP contribution in [0, 0.1) is 0 Å². The van der Waals surface area contributed by atoms with Crippen LogP contribution in [0.3, 0.4) is 0 Å². The predicted octanol–water partition coefficient (Wildman–Crippen LogP) is 4.22. The first kappa shape index (κ1) is 26.4. The Hall–Kier alpha value is -4.70. The molecule has 196 valence electrons. The molecule has 3 aromatic heterocycles. The molecule has 4 rings (SSSR count). The van der Waals surface area contributed by atoms with Crippen molar-refractivity contribution in [2.24, 2.45) is 0 Å². The molecular formula is C28H32N8O2. The summed E-state index contributed by atoms with van der Waals surface area (Å²) in [4.78, 5) is 25.9. The molecule has 0 saturated heterocycles. The quantitative estimate of drug-likeness (QED) is 0.228. The van der Waals surface area contributed by atoms with Crippen LogP contribution in [0.1, 0.15) is 0 Å². The highest BCUT2D eigenvalue weighted by molar-refractivity contribution is 6.02. The minimum absolute atomic E-state index is 0.269. The summed E-state index contributed by atoms with van der Waals surface area (Å²) in [6.45, 7) is 5.22. The topological polar surface area (TPSA) is 99.9 Å². The van der Waals surface area contributed by atoms with Gasteiger partial charge in [0.15, 0.2) is 0 Å². The van der Waals surface area contributed by atoms with Gasteiger partial charge >= 0.3 is 0 Å². The van der Waals surface area contributed by atoms with Crippen molar-refractivity contribution in [1.82, 2.24) is 24.5 Å². The highest BCUT2D eigenvalue weighted by Crippen LogP contribution is 2.38. The van der Waals surface area contributed by atoms with Crippen LogP contribution in [0.4, 0.5) is 23.0 Å². The average molecular weight is 513 g/mol. The Morgan fingerprint density at radius 3 is 2.76 bits per heavy atom. The lowest BCUT2D eigenvalue weighted by atomic mass is 10.2. The maximum absolute atomic E-state index is 12.6. The van der Waals surface area contributed by atoms with Gasteiger partial charge in [0.1, 0.15) is 5.75 Å². The van der Waals surface area contributed by atoms with Crippen molar-refractivity contribution < 1.29 is 9.53 Å². The van der Waals surface area contributed by atoms with E-state index in [1.165, 1.54) is 6.08 Å². The number of hydrogen-bond donors (Lipinski definition) is 2. The first-order valence-electron chi connectivity index (χ1n) is 12.1. The number of fused-ring (bicyclic) bond motifs is 1. The number of rotatable bonds is 11. The van der Waals surface area contributed by atoms with E-state index in [1.54, 1.807) is 36.2 Å². The number of nitrogens with zero attached hydrogens (tertiary/aromatic N) is 6. The van der Waals surface area contributed by atoms with Gasteiger partial charge in [-0.05, 0) is 38.4 Å². The summed E-state index contributed by atoms with van der Waals surface area (Å²) in [5.41, 5.74) is 4.60. The van der Waals surface area contributed by atoms with Gasteiger partial charge in [-0.25, -0.2) is 14.5 Å². The summed E-state index contributed by atoms with van der Waals surface area (Å²) in [6, 6.07) is 11.4. The molecule has 0 saturated carbocycles. The molecule has 0 unspecified atom stereocenters. The van der Waals surface area contributed by atoms with Crippen LogP contribution in [-0.4, -0.2) is 71.7 Å². The molecule has 2 N–H and O–H groups in total. The molecule has 1 amide bonds. The van der Waals surface area contributed by atoms with Gasteiger partial charge in [0.05, 0.1) is 41.6 Å². The summed E-state index contributed by atoms with van der Waals surface area (Å²) in [5.74, 6) is 0.699. The fourth-order valence-electron chi connectivity index (χ4n) is 3.87. The molecule has 4 aromatic rings. The number of nitrogens with one attached hydrogen (secondary N) is 2. The van der Waals surface area contributed by atoms with E-state index in [0.717, 1.165) is 35.6 Å². The van der Waals surface area contributed by atoms with E-state index in [0.29, 0.717) is 23.1 Å². The number of carbonyl (C=O) groups excluding carboxylic acids is 1. The molecule has 0 bridgehead atoms. The third-order valence-electron chi connectivity index (χ3n) is 5.86. The Balaban J connectivity index is 1.69. The van der Waals surface area contributed by atoms with Gasteiger partial charge in [-0.2, -0.15) is 5.10 Å². The third-order valence-corrected chi connectivity index (χ3v) is 5.86. The maximum Gasteiger partial charge on any atom is 0.248 e. The SMILES string of the molecule is C=C/C=C\C(=O)Nc1cc(Nc2nccc(-c3cnn4ccccc34)n2)c(OC)cc1N(C)CCN(C)C. The molecule has 38 heavy (non-hydrogen) atoms. The summed E-state index contributed by atoms with van der Waals surface area (Å²) in [5, 5.41) is 10.6. The molecule has 0 aliphatic carbocycles. The van der Waals surface area contributed by atoms with Gasteiger partial charge in [-0.1, -0.05) is 24.8 Å². The molecule has 1 aromatic carbocycles. The zero-order valence-corrected chi connectivity index (χ0v) is 22.0. The molecule has 10 nitrogen and oxygen atoms in total. The van der Waals surface area contributed by atoms with Crippen LogP contribution in [-0.2, 0) is 4.79 Å². The van der Waals surface area contributed by atoms with Crippen molar-refractivity contribution in [3.05, 3.63) is 79.8 Å². The van der Waals surface area contributed by atoms with Crippen molar-refractivity contribution in [1.29, 1.82) is 0 Å². The number of allylic oxidation sites excluding steroid dienone is 2. The lowest BCUT2D eigenvalue weighted by Gasteiger charge is -2.26. The monoisotopic (exact) mass is 512 g/mol. The van der Waals surface area contributed by atoms with Crippen molar-refractivity contribution in [2.45, 2.75) is 0 Å². The molecule has 0 atom stereocenters. The van der Waals surface area contributed by atoms with Gasteiger partial charge < -0.3 is 25.2 Å². The number of benzene rings is 1. The molecule has 0 fully saturated rings. The standard InChI is InChI=1S/C28H32N8O2/c1-6-7-11-27(37)31-22-17-23(26(38-5)18-25(22)35(4)16-15-34(2)3)33-28-29-13-12-21(32-28)20-19-30-36-14-9-8-10-24(20)36/h6-14,17-19H,1,15-16H2,2-5H3,(H,31,37)(H,29,32,33)/b11-7-. The normalized spacial score (nSPS) is 11.2. The van der Waals surface area contributed by atoms with Crippen molar-refractivity contribution >= 4 is 34.4 Å². The van der Waals surface area contributed by atoms with E-state index in [1.807, 2.05) is 63.7 Å². The summed E-state index contributed by atoms with van der Waals surface area (Å²) >= 11 is 0. The molecule has 0 aliphatic heterocycles. The summed E-state index contributed by atoms with van der Waals surface area (Å²) in [6.07, 6.45) is 9.94. The minimum atomic E-state index is -0.269. The second kappa shape index (κ2) is 12.0. The van der Waals surface area contributed by atoms with E-state index in [9.17, 15) is 4.79 Å². The predicted molar refractivity (Wildman–Crippen MR) is 152 cm³/mol. The smallest absolute Gasteiger partial charge is 0.248 e. The Labute approximate surface area is 222 Å². The van der Waals surface area contributed by atoms with Crippen molar-refractivity contribution in [2.75, 3.05) is 56.9 Å². The molecule has 3 heterocycles. The third kappa shape index (κ3) is 6.16. The summed E-state index contributed by atoms with van der Waals surface area (Å²) in [7, 11) is 7.62. The molecular weight excluding hydrogens is 480 g/mol. The zero-order valence-electron chi connectivity index (χ0n) is 22.0. The second-order valence-corrected chi connectivity index (χ2v) is 8.86. The Kier molecular flexibility index (Phi) is 8.34. The number of carbonyl (C=O) groups is 1. The van der Waals surface area contributed by atoms with Crippen LogP contribution >= 0.6 is 0 Å². The number of likely N-dealkylation sites (N-methyl/N-ethyl adjacent to an activating group) is 2. The van der Waals surface area contributed by atoms with E-state index < -0.39 is 0 Å².